The Bertz CT molecular complexity index is 385. The van der Waals surface area contributed by atoms with Crippen molar-refractivity contribution in [2.45, 2.75) is 13.8 Å². The molecule has 0 spiro atoms. The first-order valence-electron chi connectivity index (χ1n) is 4.93. The summed E-state index contributed by atoms with van der Waals surface area (Å²) in [6.45, 7) is 8.29. The van der Waals surface area contributed by atoms with E-state index in [1.165, 1.54) is 0 Å². The molecule has 1 radical (unpaired) electrons. The molecule has 15 heavy (non-hydrogen) atoms. The van der Waals surface area contributed by atoms with E-state index in [0.717, 1.165) is 22.8 Å². The summed E-state index contributed by atoms with van der Waals surface area (Å²) in [4.78, 5) is 0. The first-order chi connectivity index (χ1) is 7.24. The van der Waals surface area contributed by atoms with Crippen LogP contribution in [0.15, 0.2) is 30.9 Å². The molecule has 0 aliphatic heterocycles. The van der Waals surface area contributed by atoms with Gasteiger partial charge in [-0.05, 0) is 13.0 Å². The molecule has 0 N–H and O–H groups in total. The van der Waals surface area contributed by atoms with Gasteiger partial charge in [0.2, 0.25) is 0 Å². The van der Waals surface area contributed by atoms with Crippen LogP contribution < -0.4 is 4.74 Å². The maximum Gasteiger partial charge on any atom is 0.138 e. The molecule has 0 heterocycles. The Morgan fingerprint density at radius 2 is 2.33 bits per heavy atom. The second-order valence-corrected chi connectivity index (χ2v) is 3.15. The van der Waals surface area contributed by atoms with Crippen molar-refractivity contribution >= 4 is 0 Å². The maximum absolute atomic E-state index is 5.57. The van der Waals surface area contributed by atoms with Crippen molar-refractivity contribution in [2.24, 2.45) is 0 Å². The lowest BCUT2D eigenvalue weighted by Gasteiger charge is -2.14. The van der Waals surface area contributed by atoms with Crippen molar-refractivity contribution in [3.8, 4) is 18.1 Å². The normalized spacial score (nSPS) is 9.73. The zero-order chi connectivity index (χ0) is 11.3. The molecule has 0 aliphatic carbocycles. The summed E-state index contributed by atoms with van der Waals surface area (Å²) >= 11 is 0. The van der Waals surface area contributed by atoms with Gasteiger partial charge in [0.1, 0.15) is 5.75 Å². The van der Waals surface area contributed by atoms with Crippen LogP contribution in [0.3, 0.4) is 0 Å². The van der Waals surface area contributed by atoms with Crippen molar-refractivity contribution < 1.29 is 4.74 Å². The SMILES string of the molecule is C#Cc1cccc([C](C)C=C)c1OCC. The van der Waals surface area contributed by atoms with Gasteiger partial charge in [-0.3, -0.25) is 0 Å². The van der Waals surface area contributed by atoms with E-state index in [-0.39, 0.29) is 0 Å². The largest absolute Gasteiger partial charge is 0.492 e. The van der Waals surface area contributed by atoms with Gasteiger partial charge in [0.05, 0.1) is 12.2 Å². The van der Waals surface area contributed by atoms with Crippen LogP contribution in [0, 0.1) is 18.3 Å². The molecular weight excluding hydrogens is 184 g/mol. The molecule has 0 saturated carbocycles. The first kappa shape index (κ1) is 11.4. The molecule has 0 saturated heterocycles. The molecule has 1 aromatic rings. The molecule has 0 fully saturated rings. The second-order valence-electron chi connectivity index (χ2n) is 3.15. The molecule has 0 atom stereocenters. The van der Waals surface area contributed by atoms with Gasteiger partial charge in [0, 0.05) is 11.5 Å². The Labute approximate surface area is 91.8 Å². The highest BCUT2D eigenvalue weighted by Gasteiger charge is 2.12. The minimum atomic E-state index is 0.607. The Hall–Kier alpha value is -1.68. The summed E-state index contributed by atoms with van der Waals surface area (Å²) < 4.78 is 5.57. The smallest absolute Gasteiger partial charge is 0.138 e. The number of para-hydroxylation sites is 1. The van der Waals surface area contributed by atoms with Crippen LogP contribution >= 0.6 is 0 Å². The Morgan fingerprint density at radius 1 is 1.60 bits per heavy atom. The number of benzene rings is 1. The molecule has 1 heteroatoms. The quantitative estimate of drug-likeness (QED) is 0.677. The van der Waals surface area contributed by atoms with Crippen LogP contribution in [-0.2, 0) is 0 Å². The third kappa shape index (κ3) is 2.41. The summed E-state index contributed by atoms with van der Waals surface area (Å²) in [5, 5.41) is 0. The fourth-order valence-corrected chi connectivity index (χ4v) is 1.37. The predicted octanol–water partition coefficient (Wildman–Crippen LogP) is 3.20. The lowest BCUT2D eigenvalue weighted by molar-refractivity contribution is 0.337. The van der Waals surface area contributed by atoms with Crippen molar-refractivity contribution in [1.29, 1.82) is 0 Å². The van der Waals surface area contributed by atoms with Crippen LogP contribution in [0.5, 0.6) is 5.75 Å². The Kier molecular flexibility index (Phi) is 4.00. The summed E-state index contributed by atoms with van der Waals surface area (Å²) in [7, 11) is 0. The van der Waals surface area contributed by atoms with Gasteiger partial charge in [-0.15, -0.1) is 13.0 Å². The second kappa shape index (κ2) is 5.26. The standard InChI is InChI=1S/C14H15O/c1-5-11(4)13-10-8-9-12(6-2)14(13)15-7-3/h2,5,8-10H,1,7H2,3-4H3. The zero-order valence-corrected chi connectivity index (χ0v) is 9.21. The van der Waals surface area contributed by atoms with Crippen LogP contribution in [0.25, 0.3) is 0 Å². The lowest BCUT2D eigenvalue weighted by atomic mass is 9.98. The lowest BCUT2D eigenvalue weighted by Crippen LogP contribution is -2.01. The highest BCUT2D eigenvalue weighted by Crippen LogP contribution is 2.29. The monoisotopic (exact) mass is 199 g/mol. The molecular formula is C14H15O. The molecule has 0 amide bonds. The number of hydrogen-bond acceptors (Lipinski definition) is 1. The van der Waals surface area contributed by atoms with Crippen LogP contribution in [0.4, 0.5) is 0 Å². The van der Waals surface area contributed by atoms with E-state index in [0.29, 0.717) is 6.61 Å². The number of allylic oxidation sites excluding steroid dienone is 1. The van der Waals surface area contributed by atoms with Crippen LogP contribution in [0.2, 0.25) is 0 Å². The topological polar surface area (TPSA) is 9.23 Å². The molecule has 77 valence electrons. The average Bonchev–Trinajstić information content (AvgIpc) is 2.28. The van der Waals surface area contributed by atoms with Crippen LogP contribution in [-0.4, -0.2) is 6.61 Å². The highest BCUT2D eigenvalue weighted by atomic mass is 16.5. The van der Waals surface area contributed by atoms with Gasteiger partial charge in [-0.1, -0.05) is 31.1 Å². The molecule has 0 unspecified atom stereocenters. The summed E-state index contributed by atoms with van der Waals surface area (Å²) in [6.07, 6.45) is 7.23. The molecule has 0 bridgehead atoms. The van der Waals surface area contributed by atoms with E-state index >= 15 is 0 Å². The van der Waals surface area contributed by atoms with E-state index in [4.69, 9.17) is 11.2 Å². The van der Waals surface area contributed by atoms with Crippen molar-refractivity contribution in [3.63, 3.8) is 0 Å². The van der Waals surface area contributed by atoms with Crippen molar-refractivity contribution in [1.82, 2.24) is 0 Å². The van der Waals surface area contributed by atoms with E-state index in [2.05, 4.69) is 12.5 Å². The van der Waals surface area contributed by atoms with Crippen LogP contribution in [0.1, 0.15) is 25.0 Å². The van der Waals surface area contributed by atoms with Gasteiger partial charge in [0.25, 0.3) is 0 Å². The maximum atomic E-state index is 5.57. The molecule has 1 rings (SSSR count). The summed E-state index contributed by atoms with van der Waals surface area (Å²) in [6, 6.07) is 5.80. The van der Waals surface area contributed by atoms with Gasteiger partial charge in [0.15, 0.2) is 0 Å². The van der Waals surface area contributed by atoms with E-state index < -0.39 is 0 Å². The third-order valence-corrected chi connectivity index (χ3v) is 2.19. The fraction of sp³-hybridized carbons (Fsp3) is 0.214. The van der Waals surface area contributed by atoms with Gasteiger partial charge >= 0.3 is 0 Å². The van der Waals surface area contributed by atoms with E-state index in [1.807, 2.05) is 32.0 Å². The summed E-state index contributed by atoms with van der Waals surface area (Å²) in [5.74, 6) is 4.47. The van der Waals surface area contributed by atoms with Crippen molar-refractivity contribution in [3.05, 3.63) is 47.9 Å². The highest BCUT2D eigenvalue weighted by molar-refractivity contribution is 5.55. The number of ether oxygens (including phenoxy) is 1. The molecule has 0 aliphatic rings. The average molecular weight is 199 g/mol. The summed E-state index contributed by atoms with van der Waals surface area (Å²) in [5.41, 5.74) is 1.80. The minimum Gasteiger partial charge on any atom is -0.492 e. The number of rotatable bonds is 4. The van der Waals surface area contributed by atoms with Crippen molar-refractivity contribution in [2.75, 3.05) is 6.61 Å². The third-order valence-electron chi connectivity index (χ3n) is 2.19. The first-order valence-corrected chi connectivity index (χ1v) is 4.93. The van der Waals surface area contributed by atoms with Gasteiger partial charge in [-0.25, -0.2) is 0 Å². The molecule has 1 aromatic carbocycles. The fourth-order valence-electron chi connectivity index (χ4n) is 1.37. The number of terminal acetylenes is 1. The number of hydrogen-bond donors (Lipinski definition) is 0. The predicted molar refractivity (Wildman–Crippen MR) is 63.8 cm³/mol. The Balaban J connectivity index is 3.25. The van der Waals surface area contributed by atoms with E-state index in [9.17, 15) is 0 Å². The van der Waals surface area contributed by atoms with E-state index in [1.54, 1.807) is 6.08 Å². The van der Waals surface area contributed by atoms with Gasteiger partial charge < -0.3 is 4.74 Å². The molecule has 0 aromatic heterocycles. The van der Waals surface area contributed by atoms with Gasteiger partial charge in [-0.2, -0.15) is 0 Å². The molecule has 1 nitrogen and oxygen atoms in total. The minimum absolute atomic E-state index is 0.607. The Morgan fingerprint density at radius 3 is 2.87 bits per heavy atom. The zero-order valence-electron chi connectivity index (χ0n) is 9.21.